The maximum absolute atomic E-state index is 6.05. The van der Waals surface area contributed by atoms with Crippen molar-refractivity contribution in [2.45, 2.75) is 32.4 Å². The van der Waals surface area contributed by atoms with Gasteiger partial charge in [-0.25, -0.2) is 0 Å². The van der Waals surface area contributed by atoms with E-state index in [2.05, 4.69) is 55.6 Å². The highest BCUT2D eigenvalue weighted by atomic mass is 35.5. The van der Waals surface area contributed by atoms with Crippen molar-refractivity contribution < 1.29 is 0 Å². The van der Waals surface area contributed by atoms with Gasteiger partial charge in [-0.05, 0) is 36.6 Å². The fourth-order valence-corrected chi connectivity index (χ4v) is 2.51. The lowest BCUT2D eigenvalue weighted by Gasteiger charge is -2.23. The summed E-state index contributed by atoms with van der Waals surface area (Å²) in [7, 11) is 0. The first kappa shape index (κ1) is 14.1. The van der Waals surface area contributed by atoms with Crippen molar-refractivity contribution in [2.75, 3.05) is 0 Å². The molecule has 0 radical (unpaired) electrons. The summed E-state index contributed by atoms with van der Waals surface area (Å²) < 4.78 is 0. The number of nitrogens with one attached hydrogen (secondary N) is 1. The van der Waals surface area contributed by atoms with Gasteiger partial charge in [0.2, 0.25) is 0 Å². The Balaban J connectivity index is 2.10. The first-order valence-electron chi connectivity index (χ1n) is 6.77. The Morgan fingerprint density at radius 2 is 1.68 bits per heavy atom. The predicted molar refractivity (Wildman–Crippen MR) is 82.5 cm³/mol. The van der Waals surface area contributed by atoms with Gasteiger partial charge in [-0.2, -0.15) is 0 Å². The Morgan fingerprint density at radius 3 is 2.32 bits per heavy atom. The molecule has 2 atom stereocenters. The molecular formula is C17H20ClN. The van der Waals surface area contributed by atoms with E-state index in [1.807, 2.05) is 18.2 Å². The van der Waals surface area contributed by atoms with E-state index in [4.69, 9.17) is 11.6 Å². The van der Waals surface area contributed by atoms with Crippen LogP contribution in [0.15, 0.2) is 54.6 Å². The lowest BCUT2D eigenvalue weighted by Crippen LogP contribution is -2.24. The van der Waals surface area contributed by atoms with E-state index in [0.717, 1.165) is 11.4 Å². The molecule has 0 fully saturated rings. The van der Waals surface area contributed by atoms with Crippen molar-refractivity contribution in [2.24, 2.45) is 0 Å². The van der Waals surface area contributed by atoms with E-state index in [1.54, 1.807) is 0 Å². The zero-order chi connectivity index (χ0) is 13.7. The largest absolute Gasteiger partial charge is 0.303 e. The summed E-state index contributed by atoms with van der Waals surface area (Å²) in [6, 6.07) is 19.3. The van der Waals surface area contributed by atoms with Gasteiger partial charge < -0.3 is 5.32 Å². The Hall–Kier alpha value is -1.31. The molecular weight excluding hydrogens is 254 g/mol. The maximum atomic E-state index is 6.05. The van der Waals surface area contributed by atoms with Gasteiger partial charge in [-0.1, -0.05) is 61.0 Å². The average Bonchev–Trinajstić information content (AvgIpc) is 2.45. The van der Waals surface area contributed by atoms with Gasteiger partial charge in [-0.15, -0.1) is 0 Å². The molecule has 19 heavy (non-hydrogen) atoms. The van der Waals surface area contributed by atoms with Crippen LogP contribution < -0.4 is 5.32 Å². The Morgan fingerprint density at radius 1 is 1.00 bits per heavy atom. The summed E-state index contributed by atoms with van der Waals surface area (Å²) in [6.45, 7) is 4.38. The highest BCUT2D eigenvalue weighted by Gasteiger charge is 2.13. The fourth-order valence-electron chi connectivity index (χ4n) is 2.31. The topological polar surface area (TPSA) is 12.0 Å². The molecule has 2 rings (SSSR count). The number of benzene rings is 2. The molecule has 0 aliphatic heterocycles. The normalized spacial score (nSPS) is 14.1. The molecule has 0 aromatic heterocycles. The predicted octanol–water partition coefficient (Wildman–Crippen LogP) is 5.14. The van der Waals surface area contributed by atoms with Crippen molar-refractivity contribution in [1.29, 1.82) is 0 Å². The van der Waals surface area contributed by atoms with Crippen molar-refractivity contribution in [1.82, 2.24) is 5.32 Å². The first-order chi connectivity index (χ1) is 9.20. The van der Waals surface area contributed by atoms with Crippen molar-refractivity contribution in [3.05, 3.63) is 70.7 Å². The molecule has 0 heterocycles. The average molecular weight is 274 g/mol. The fraction of sp³-hybridized carbons (Fsp3) is 0.294. The van der Waals surface area contributed by atoms with Crippen LogP contribution in [-0.4, -0.2) is 0 Å². The zero-order valence-corrected chi connectivity index (χ0v) is 12.2. The molecule has 0 aliphatic carbocycles. The van der Waals surface area contributed by atoms with E-state index in [-0.39, 0.29) is 6.04 Å². The third kappa shape index (κ3) is 3.82. The zero-order valence-electron chi connectivity index (χ0n) is 11.4. The number of rotatable bonds is 5. The minimum absolute atomic E-state index is 0.281. The van der Waals surface area contributed by atoms with Crippen molar-refractivity contribution in [3.63, 3.8) is 0 Å². The van der Waals surface area contributed by atoms with E-state index in [0.29, 0.717) is 6.04 Å². The summed E-state index contributed by atoms with van der Waals surface area (Å²) in [5.74, 6) is 0. The minimum atomic E-state index is 0.281. The van der Waals surface area contributed by atoms with Crippen LogP contribution >= 0.6 is 11.6 Å². The van der Waals surface area contributed by atoms with E-state index < -0.39 is 0 Å². The van der Waals surface area contributed by atoms with Gasteiger partial charge in [0.25, 0.3) is 0 Å². The maximum Gasteiger partial charge on any atom is 0.0409 e. The van der Waals surface area contributed by atoms with Crippen LogP contribution in [0, 0.1) is 0 Å². The molecule has 1 N–H and O–H groups in total. The molecule has 100 valence electrons. The summed E-state index contributed by atoms with van der Waals surface area (Å²) in [4.78, 5) is 0. The van der Waals surface area contributed by atoms with E-state index in [9.17, 15) is 0 Å². The quantitative estimate of drug-likeness (QED) is 0.795. The molecule has 0 spiro atoms. The standard InChI is InChI=1S/C17H20ClN/c1-3-17(14-8-5-4-6-9-14)19-13(2)15-10-7-11-16(18)12-15/h4-13,17,19H,3H2,1-2H3/t13-,17?/m0/s1. The second-order valence-corrected chi connectivity index (χ2v) is 5.25. The lowest BCUT2D eigenvalue weighted by atomic mass is 10.0. The molecule has 0 saturated heterocycles. The molecule has 2 aromatic carbocycles. The number of halogens is 1. The van der Waals surface area contributed by atoms with Gasteiger partial charge in [0, 0.05) is 17.1 Å². The van der Waals surface area contributed by atoms with E-state index >= 15 is 0 Å². The molecule has 0 bridgehead atoms. The van der Waals surface area contributed by atoms with Gasteiger partial charge >= 0.3 is 0 Å². The molecule has 0 amide bonds. The molecule has 1 nitrogen and oxygen atoms in total. The number of hydrogen-bond acceptors (Lipinski definition) is 1. The molecule has 2 heteroatoms. The van der Waals surface area contributed by atoms with Gasteiger partial charge in [0.1, 0.15) is 0 Å². The van der Waals surface area contributed by atoms with E-state index in [1.165, 1.54) is 11.1 Å². The van der Waals surface area contributed by atoms with Crippen molar-refractivity contribution >= 4 is 11.6 Å². The van der Waals surface area contributed by atoms with Crippen LogP contribution in [0.2, 0.25) is 5.02 Å². The second-order valence-electron chi connectivity index (χ2n) is 4.81. The van der Waals surface area contributed by atoms with Crippen LogP contribution in [0.5, 0.6) is 0 Å². The van der Waals surface area contributed by atoms with Crippen molar-refractivity contribution in [3.8, 4) is 0 Å². The van der Waals surface area contributed by atoms with Gasteiger partial charge in [0.05, 0.1) is 0 Å². The molecule has 0 saturated carbocycles. The molecule has 2 aromatic rings. The summed E-state index contributed by atoms with van der Waals surface area (Å²) >= 11 is 6.05. The Kier molecular flexibility index (Phi) is 5.00. The van der Waals surface area contributed by atoms with Crippen LogP contribution in [0.1, 0.15) is 43.5 Å². The third-order valence-electron chi connectivity index (χ3n) is 3.41. The lowest BCUT2D eigenvalue weighted by molar-refractivity contribution is 0.456. The number of hydrogen-bond donors (Lipinski definition) is 1. The smallest absolute Gasteiger partial charge is 0.0409 e. The molecule has 1 unspecified atom stereocenters. The monoisotopic (exact) mass is 273 g/mol. The van der Waals surface area contributed by atoms with Gasteiger partial charge in [-0.3, -0.25) is 0 Å². The minimum Gasteiger partial charge on any atom is -0.303 e. The van der Waals surface area contributed by atoms with Gasteiger partial charge in [0.15, 0.2) is 0 Å². The van der Waals surface area contributed by atoms with Crippen LogP contribution in [-0.2, 0) is 0 Å². The van der Waals surface area contributed by atoms with Crippen LogP contribution in [0.4, 0.5) is 0 Å². The Bertz CT molecular complexity index is 510. The molecule has 0 aliphatic rings. The third-order valence-corrected chi connectivity index (χ3v) is 3.65. The summed E-state index contributed by atoms with van der Waals surface area (Å²) in [6.07, 6.45) is 1.06. The first-order valence-corrected chi connectivity index (χ1v) is 7.15. The second kappa shape index (κ2) is 6.74. The summed E-state index contributed by atoms with van der Waals surface area (Å²) in [5.41, 5.74) is 2.56. The van der Waals surface area contributed by atoms with Crippen LogP contribution in [0.3, 0.4) is 0 Å². The summed E-state index contributed by atoms with van der Waals surface area (Å²) in [5, 5.41) is 4.46. The highest BCUT2D eigenvalue weighted by molar-refractivity contribution is 6.30. The van der Waals surface area contributed by atoms with Crippen LogP contribution in [0.25, 0.3) is 0 Å². The SMILES string of the molecule is CCC(N[C@@H](C)c1cccc(Cl)c1)c1ccccc1. The highest BCUT2D eigenvalue weighted by Crippen LogP contribution is 2.23. The Labute approximate surface area is 120 Å².